The molecule has 0 aliphatic carbocycles. The lowest BCUT2D eigenvalue weighted by Gasteiger charge is -2.23. The highest BCUT2D eigenvalue weighted by Gasteiger charge is 2.43. The highest BCUT2D eigenvalue weighted by Crippen LogP contribution is 2.41. The molecule has 26 heavy (non-hydrogen) atoms. The first-order chi connectivity index (χ1) is 12.7. The lowest BCUT2D eigenvalue weighted by atomic mass is 9.83. The molecule has 0 radical (unpaired) electrons. The maximum atomic E-state index is 12.8. The van der Waals surface area contributed by atoms with E-state index in [0.29, 0.717) is 13.2 Å². The van der Waals surface area contributed by atoms with E-state index in [1.807, 2.05) is 55.5 Å². The molecule has 5 heteroatoms. The molecular formula is C21H25NO4. The van der Waals surface area contributed by atoms with Crippen LogP contribution in [0.15, 0.2) is 48.5 Å². The SMILES string of the molecule is CCOC(=O)[C@H]1[C@@H](c2cccc(OC)c2)CN[C@H]1c1ccc(OC)cc1. The van der Waals surface area contributed by atoms with Crippen molar-refractivity contribution >= 4 is 5.97 Å². The van der Waals surface area contributed by atoms with Gasteiger partial charge < -0.3 is 19.5 Å². The second-order valence-corrected chi connectivity index (χ2v) is 6.32. The quantitative estimate of drug-likeness (QED) is 0.806. The summed E-state index contributed by atoms with van der Waals surface area (Å²) in [6.07, 6.45) is 0. The minimum atomic E-state index is -0.296. The highest BCUT2D eigenvalue weighted by molar-refractivity contribution is 5.76. The van der Waals surface area contributed by atoms with Gasteiger partial charge in [0.2, 0.25) is 0 Å². The van der Waals surface area contributed by atoms with Gasteiger partial charge >= 0.3 is 5.97 Å². The van der Waals surface area contributed by atoms with Crippen LogP contribution in [0, 0.1) is 5.92 Å². The number of rotatable bonds is 6. The van der Waals surface area contributed by atoms with Crippen molar-refractivity contribution in [2.45, 2.75) is 18.9 Å². The van der Waals surface area contributed by atoms with Crippen LogP contribution in [-0.2, 0) is 9.53 Å². The van der Waals surface area contributed by atoms with Crippen LogP contribution >= 0.6 is 0 Å². The van der Waals surface area contributed by atoms with Gasteiger partial charge in [0.25, 0.3) is 0 Å². The van der Waals surface area contributed by atoms with Crippen LogP contribution in [0.3, 0.4) is 0 Å². The summed E-state index contributed by atoms with van der Waals surface area (Å²) in [4.78, 5) is 12.8. The third kappa shape index (κ3) is 3.68. The Bertz CT molecular complexity index is 744. The predicted octanol–water partition coefficient (Wildman–Crippen LogP) is 3.31. The number of hydrogen-bond acceptors (Lipinski definition) is 5. The minimum absolute atomic E-state index is 0.0243. The Morgan fingerprint density at radius 1 is 1.04 bits per heavy atom. The van der Waals surface area contributed by atoms with Crippen LogP contribution in [0.5, 0.6) is 11.5 Å². The van der Waals surface area contributed by atoms with Gasteiger partial charge in [0.05, 0.1) is 26.7 Å². The molecule has 1 N–H and O–H groups in total. The summed E-state index contributed by atoms with van der Waals surface area (Å²) in [6, 6.07) is 15.6. The first kappa shape index (κ1) is 18.3. The van der Waals surface area contributed by atoms with Crippen LogP contribution in [0.4, 0.5) is 0 Å². The Labute approximate surface area is 154 Å². The number of carbonyl (C=O) groups is 1. The first-order valence-electron chi connectivity index (χ1n) is 8.85. The summed E-state index contributed by atoms with van der Waals surface area (Å²) in [7, 11) is 3.29. The molecule has 0 amide bonds. The second kappa shape index (κ2) is 8.23. The smallest absolute Gasteiger partial charge is 0.311 e. The van der Waals surface area contributed by atoms with Crippen molar-refractivity contribution in [3.05, 3.63) is 59.7 Å². The van der Waals surface area contributed by atoms with Gasteiger partial charge in [0.1, 0.15) is 11.5 Å². The fourth-order valence-corrected chi connectivity index (χ4v) is 3.61. The summed E-state index contributed by atoms with van der Waals surface area (Å²) >= 11 is 0. The predicted molar refractivity (Wildman–Crippen MR) is 99.6 cm³/mol. The molecule has 5 nitrogen and oxygen atoms in total. The van der Waals surface area contributed by atoms with E-state index in [2.05, 4.69) is 5.32 Å². The summed E-state index contributed by atoms with van der Waals surface area (Å²) < 4.78 is 16.0. The highest BCUT2D eigenvalue weighted by atomic mass is 16.5. The maximum Gasteiger partial charge on any atom is 0.311 e. The molecule has 3 rings (SSSR count). The molecule has 0 saturated carbocycles. The van der Waals surface area contributed by atoms with Gasteiger partial charge in [-0.3, -0.25) is 4.79 Å². The molecule has 0 unspecified atom stereocenters. The van der Waals surface area contributed by atoms with Crippen molar-refractivity contribution in [1.29, 1.82) is 0 Å². The molecule has 3 atom stereocenters. The molecule has 1 heterocycles. The summed E-state index contributed by atoms with van der Waals surface area (Å²) in [5.41, 5.74) is 2.13. The Morgan fingerprint density at radius 2 is 1.77 bits per heavy atom. The van der Waals surface area contributed by atoms with E-state index in [1.165, 1.54) is 0 Å². The van der Waals surface area contributed by atoms with Gasteiger partial charge in [-0.15, -0.1) is 0 Å². The largest absolute Gasteiger partial charge is 0.497 e. The zero-order chi connectivity index (χ0) is 18.5. The van der Waals surface area contributed by atoms with Crippen LogP contribution < -0.4 is 14.8 Å². The van der Waals surface area contributed by atoms with Crippen molar-refractivity contribution in [1.82, 2.24) is 5.32 Å². The normalized spacial score (nSPS) is 22.0. The Hall–Kier alpha value is -2.53. The molecule has 1 fully saturated rings. The lowest BCUT2D eigenvalue weighted by molar-refractivity contribution is -0.148. The van der Waals surface area contributed by atoms with E-state index in [4.69, 9.17) is 14.2 Å². The van der Waals surface area contributed by atoms with Crippen molar-refractivity contribution in [3.8, 4) is 11.5 Å². The molecule has 0 bridgehead atoms. The molecule has 1 aliphatic heterocycles. The lowest BCUT2D eigenvalue weighted by Crippen LogP contribution is -2.27. The van der Waals surface area contributed by atoms with E-state index in [0.717, 1.165) is 22.6 Å². The molecule has 2 aromatic rings. The van der Waals surface area contributed by atoms with Gasteiger partial charge in [-0.2, -0.15) is 0 Å². The van der Waals surface area contributed by atoms with Gasteiger partial charge in [-0.05, 0) is 42.3 Å². The number of benzene rings is 2. The van der Waals surface area contributed by atoms with Crippen molar-refractivity contribution < 1.29 is 19.0 Å². The Balaban J connectivity index is 1.93. The summed E-state index contributed by atoms with van der Waals surface area (Å²) in [5, 5.41) is 3.50. The molecule has 1 saturated heterocycles. The van der Waals surface area contributed by atoms with Crippen molar-refractivity contribution in [2.75, 3.05) is 27.4 Å². The standard InChI is InChI=1S/C21H25NO4/c1-4-26-21(23)19-18(15-6-5-7-17(12-15)25-3)13-22-20(19)14-8-10-16(24-2)11-9-14/h5-12,18-20,22H,4,13H2,1-3H3/t18-,19+,20+/m1/s1. The molecule has 1 aliphatic rings. The van der Waals surface area contributed by atoms with Crippen molar-refractivity contribution in [2.24, 2.45) is 5.92 Å². The van der Waals surface area contributed by atoms with Crippen LogP contribution in [0.25, 0.3) is 0 Å². The van der Waals surface area contributed by atoms with E-state index < -0.39 is 0 Å². The summed E-state index contributed by atoms with van der Waals surface area (Å²) in [6.45, 7) is 2.91. The number of methoxy groups -OCH3 is 2. The molecule has 0 aromatic heterocycles. The zero-order valence-electron chi connectivity index (χ0n) is 15.4. The number of ether oxygens (including phenoxy) is 3. The van der Waals surface area contributed by atoms with E-state index >= 15 is 0 Å². The third-order valence-electron chi connectivity index (χ3n) is 4.91. The topological polar surface area (TPSA) is 56.8 Å². The number of esters is 1. The zero-order valence-corrected chi connectivity index (χ0v) is 15.4. The number of nitrogens with one attached hydrogen (secondary N) is 1. The van der Waals surface area contributed by atoms with Gasteiger partial charge in [0, 0.05) is 18.5 Å². The van der Waals surface area contributed by atoms with E-state index in [9.17, 15) is 4.79 Å². The van der Waals surface area contributed by atoms with E-state index in [1.54, 1.807) is 14.2 Å². The van der Waals surface area contributed by atoms with Crippen molar-refractivity contribution in [3.63, 3.8) is 0 Å². The van der Waals surface area contributed by atoms with Crippen LogP contribution in [-0.4, -0.2) is 33.3 Å². The Morgan fingerprint density at radius 3 is 2.42 bits per heavy atom. The minimum Gasteiger partial charge on any atom is -0.497 e. The van der Waals surface area contributed by atoms with Crippen LogP contribution in [0.1, 0.15) is 30.0 Å². The fourth-order valence-electron chi connectivity index (χ4n) is 3.61. The van der Waals surface area contributed by atoms with Gasteiger partial charge in [-0.25, -0.2) is 0 Å². The first-order valence-corrected chi connectivity index (χ1v) is 8.85. The van der Waals surface area contributed by atoms with Gasteiger partial charge in [0.15, 0.2) is 0 Å². The monoisotopic (exact) mass is 355 g/mol. The molecule has 0 spiro atoms. The average Bonchev–Trinajstić information content (AvgIpc) is 3.13. The molecule has 138 valence electrons. The van der Waals surface area contributed by atoms with Gasteiger partial charge in [-0.1, -0.05) is 24.3 Å². The summed E-state index contributed by atoms with van der Waals surface area (Å²) in [5.74, 6) is 1.14. The third-order valence-corrected chi connectivity index (χ3v) is 4.91. The maximum absolute atomic E-state index is 12.8. The average molecular weight is 355 g/mol. The second-order valence-electron chi connectivity index (χ2n) is 6.32. The Kier molecular flexibility index (Phi) is 5.78. The fraction of sp³-hybridized carbons (Fsp3) is 0.381. The van der Waals surface area contributed by atoms with E-state index in [-0.39, 0.29) is 23.8 Å². The number of hydrogen-bond donors (Lipinski definition) is 1. The van der Waals surface area contributed by atoms with Crippen LogP contribution in [0.2, 0.25) is 0 Å². The molecule has 2 aromatic carbocycles. The molecular weight excluding hydrogens is 330 g/mol. The number of carbonyl (C=O) groups excluding carboxylic acids is 1.